The molecule has 3 aliphatic carbocycles. The minimum Gasteiger partial charge on any atom is -0.207 e. The summed E-state index contributed by atoms with van der Waals surface area (Å²) in [7, 11) is 0. The fourth-order valence-corrected chi connectivity index (χ4v) is 7.08. The number of hydrogen-bond donors (Lipinski definition) is 0. The van der Waals surface area contributed by atoms with Crippen molar-refractivity contribution in [3.05, 3.63) is 59.7 Å². The normalized spacial score (nSPS) is 33.9. The maximum Gasteiger partial charge on any atom is 0.129 e. The van der Waals surface area contributed by atoms with Crippen molar-refractivity contribution in [2.24, 2.45) is 29.6 Å². The third-order valence-corrected chi connectivity index (χ3v) is 8.83. The molecule has 0 amide bonds. The van der Waals surface area contributed by atoms with Gasteiger partial charge in [-0.15, -0.1) is 6.58 Å². The van der Waals surface area contributed by atoms with Crippen LogP contribution in [-0.4, -0.2) is 0 Å². The molecule has 31 heavy (non-hydrogen) atoms. The highest BCUT2D eigenvalue weighted by Crippen LogP contribution is 2.51. The average molecular weight is 427 g/mol. The SMILES string of the molecule is C=CCCc1c(F)cc(C2CCC3CC(C4CCC(/C=C/C)CC4)CCC3C2)cc1F. The van der Waals surface area contributed by atoms with Crippen molar-refractivity contribution in [2.45, 2.75) is 89.9 Å². The van der Waals surface area contributed by atoms with Gasteiger partial charge in [-0.25, -0.2) is 8.78 Å². The summed E-state index contributed by atoms with van der Waals surface area (Å²) in [5, 5.41) is 0. The first-order chi connectivity index (χ1) is 15.1. The number of rotatable bonds is 6. The summed E-state index contributed by atoms with van der Waals surface area (Å²) < 4.78 is 29.2. The van der Waals surface area contributed by atoms with Gasteiger partial charge in [0.25, 0.3) is 0 Å². The van der Waals surface area contributed by atoms with Gasteiger partial charge in [0.1, 0.15) is 11.6 Å². The van der Waals surface area contributed by atoms with Crippen LogP contribution in [0, 0.1) is 41.2 Å². The number of halogens is 2. The monoisotopic (exact) mass is 426 g/mol. The lowest BCUT2D eigenvalue weighted by Gasteiger charge is -2.45. The van der Waals surface area contributed by atoms with Crippen molar-refractivity contribution < 1.29 is 8.78 Å². The van der Waals surface area contributed by atoms with E-state index in [0.29, 0.717) is 18.8 Å². The Hall–Kier alpha value is -1.44. The molecule has 4 unspecified atom stereocenters. The Kier molecular flexibility index (Phi) is 7.67. The first kappa shape index (κ1) is 22.7. The van der Waals surface area contributed by atoms with E-state index in [1.165, 1.54) is 51.4 Å². The highest BCUT2D eigenvalue weighted by molar-refractivity contribution is 5.29. The molecule has 4 rings (SSSR count). The molecule has 170 valence electrons. The largest absolute Gasteiger partial charge is 0.207 e. The van der Waals surface area contributed by atoms with Crippen molar-refractivity contribution in [1.29, 1.82) is 0 Å². The Labute approximate surface area is 188 Å². The van der Waals surface area contributed by atoms with E-state index in [2.05, 4.69) is 25.7 Å². The number of fused-ring (bicyclic) bond motifs is 1. The van der Waals surface area contributed by atoms with Crippen LogP contribution in [0.15, 0.2) is 36.9 Å². The van der Waals surface area contributed by atoms with E-state index in [9.17, 15) is 8.78 Å². The van der Waals surface area contributed by atoms with Crippen molar-refractivity contribution in [3.63, 3.8) is 0 Å². The molecule has 0 N–H and O–H groups in total. The van der Waals surface area contributed by atoms with Gasteiger partial charge in [0.05, 0.1) is 0 Å². The summed E-state index contributed by atoms with van der Waals surface area (Å²) in [4.78, 5) is 0. The molecule has 0 spiro atoms. The molecule has 1 aromatic rings. The minimum absolute atomic E-state index is 0.224. The molecule has 0 aromatic heterocycles. The molecule has 0 bridgehead atoms. The van der Waals surface area contributed by atoms with Gasteiger partial charge in [0, 0.05) is 5.56 Å². The molecule has 4 atom stereocenters. The van der Waals surface area contributed by atoms with Crippen LogP contribution in [-0.2, 0) is 6.42 Å². The summed E-state index contributed by atoms with van der Waals surface area (Å²) in [6.07, 6.45) is 20.5. The zero-order valence-electron chi connectivity index (χ0n) is 19.3. The smallest absolute Gasteiger partial charge is 0.129 e. The predicted octanol–water partition coefficient (Wildman–Crippen LogP) is 8.77. The second-order valence-electron chi connectivity index (χ2n) is 10.6. The number of benzene rings is 1. The molecule has 0 radical (unpaired) electrons. The summed E-state index contributed by atoms with van der Waals surface area (Å²) in [6.45, 7) is 5.81. The van der Waals surface area contributed by atoms with E-state index >= 15 is 0 Å². The second kappa shape index (κ2) is 10.5. The van der Waals surface area contributed by atoms with Gasteiger partial charge in [0.15, 0.2) is 0 Å². The molecule has 0 aliphatic heterocycles. The third kappa shape index (κ3) is 5.32. The van der Waals surface area contributed by atoms with Gasteiger partial charge >= 0.3 is 0 Å². The first-order valence-corrected chi connectivity index (χ1v) is 12.8. The number of hydrogen-bond acceptors (Lipinski definition) is 0. The Morgan fingerprint density at radius 2 is 1.42 bits per heavy atom. The lowest BCUT2D eigenvalue weighted by atomic mass is 9.60. The molecule has 0 nitrogen and oxygen atoms in total. The van der Waals surface area contributed by atoms with E-state index in [0.717, 1.165) is 48.0 Å². The van der Waals surface area contributed by atoms with Gasteiger partial charge < -0.3 is 0 Å². The quantitative estimate of drug-likeness (QED) is 0.399. The lowest BCUT2D eigenvalue weighted by Crippen LogP contribution is -2.34. The van der Waals surface area contributed by atoms with Crippen LogP contribution in [0.4, 0.5) is 8.78 Å². The predicted molar refractivity (Wildman–Crippen MR) is 126 cm³/mol. The van der Waals surface area contributed by atoms with Gasteiger partial charge in [-0.2, -0.15) is 0 Å². The van der Waals surface area contributed by atoms with Crippen LogP contribution in [0.2, 0.25) is 0 Å². The van der Waals surface area contributed by atoms with Crippen LogP contribution in [0.25, 0.3) is 0 Å². The molecule has 1 aromatic carbocycles. The van der Waals surface area contributed by atoms with Gasteiger partial charge in [-0.3, -0.25) is 0 Å². The number of allylic oxidation sites excluding steroid dienone is 3. The molecular formula is C29H40F2. The van der Waals surface area contributed by atoms with Gasteiger partial charge in [-0.05, 0) is 137 Å². The first-order valence-electron chi connectivity index (χ1n) is 12.8. The van der Waals surface area contributed by atoms with Crippen LogP contribution < -0.4 is 0 Å². The summed E-state index contributed by atoms with van der Waals surface area (Å²) >= 11 is 0. The zero-order chi connectivity index (χ0) is 21.8. The maximum absolute atomic E-state index is 14.6. The van der Waals surface area contributed by atoms with Crippen molar-refractivity contribution in [2.75, 3.05) is 0 Å². The summed E-state index contributed by atoms with van der Waals surface area (Å²) in [5.74, 6) is 3.86. The zero-order valence-corrected chi connectivity index (χ0v) is 19.3. The molecule has 3 fully saturated rings. The second-order valence-corrected chi connectivity index (χ2v) is 10.6. The van der Waals surface area contributed by atoms with E-state index in [1.54, 1.807) is 18.2 Å². The highest BCUT2D eigenvalue weighted by atomic mass is 19.1. The summed E-state index contributed by atoms with van der Waals surface area (Å²) in [5.41, 5.74) is 1.11. The minimum atomic E-state index is -0.365. The van der Waals surface area contributed by atoms with Crippen LogP contribution in [0.5, 0.6) is 0 Å². The highest BCUT2D eigenvalue weighted by Gasteiger charge is 2.39. The maximum atomic E-state index is 14.6. The Balaban J connectivity index is 1.33. The van der Waals surface area contributed by atoms with Crippen LogP contribution in [0.1, 0.15) is 94.6 Å². The molecule has 0 saturated heterocycles. The topological polar surface area (TPSA) is 0 Å². The van der Waals surface area contributed by atoms with E-state index in [1.807, 2.05) is 0 Å². The fourth-order valence-electron chi connectivity index (χ4n) is 7.08. The van der Waals surface area contributed by atoms with E-state index in [4.69, 9.17) is 0 Å². The van der Waals surface area contributed by atoms with Crippen LogP contribution in [0.3, 0.4) is 0 Å². The van der Waals surface area contributed by atoms with Crippen molar-refractivity contribution >= 4 is 0 Å². The van der Waals surface area contributed by atoms with Gasteiger partial charge in [0.2, 0.25) is 0 Å². The average Bonchev–Trinajstić information content (AvgIpc) is 2.78. The Morgan fingerprint density at radius 1 is 0.839 bits per heavy atom. The molecule has 0 heterocycles. The molecule has 2 heteroatoms. The van der Waals surface area contributed by atoms with Crippen molar-refractivity contribution in [1.82, 2.24) is 0 Å². The molecule has 3 saturated carbocycles. The molecule has 3 aliphatic rings. The standard InChI is InChI=1S/C29H40F2/c1-3-5-7-27-28(30)18-26(19-29(27)31)25-15-14-23-16-22(12-13-24(23)17-25)21-10-8-20(6-4-2)9-11-21/h3-4,6,18-25H,1,5,7-17H2,2H3/b6-4+. The van der Waals surface area contributed by atoms with Gasteiger partial charge in [-0.1, -0.05) is 18.2 Å². The van der Waals surface area contributed by atoms with Crippen LogP contribution >= 0.6 is 0 Å². The molecular weight excluding hydrogens is 386 g/mol. The fraction of sp³-hybridized carbons (Fsp3) is 0.655. The van der Waals surface area contributed by atoms with Crippen molar-refractivity contribution in [3.8, 4) is 0 Å². The lowest BCUT2D eigenvalue weighted by molar-refractivity contribution is 0.0747. The van der Waals surface area contributed by atoms with E-state index < -0.39 is 0 Å². The summed E-state index contributed by atoms with van der Waals surface area (Å²) in [6, 6.07) is 3.25. The third-order valence-electron chi connectivity index (χ3n) is 8.83. The Morgan fingerprint density at radius 3 is 2.06 bits per heavy atom. The van der Waals surface area contributed by atoms with E-state index in [-0.39, 0.29) is 17.2 Å². The Bertz CT molecular complexity index is 748.